The highest BCUT2D eigenvalue weighted by Gasteiger charge is 2.06. The second kappa shape index (κ2) is 7.81. The van der Waals surface area contributed by atoms with Crippen molar-refractivity contribution in [2.24, 2.45) is 5.73 Å². The van der Waals surface area contributed by atoms with Crippen LogP contribution in [-0.2, 0) is 6.42 Å². The number of hydrogen-bond donors (Lipinski definition) is 1. The Morgan fingerprint density at radius 2 is 2.00 bits per heavy atom. The van der Waals surface area contributed by atoms with Gasteiger partial charge in [-0.15, -0.1) is 0 Å². The Kier molecular flexibility index (Phi) is 5.78. The molecule has 5 nitrogen and oxygen atoms in total. The molecule has 21 heavy (non-hydrogen) atoms. The van der Waals surface area contributed by atoms with E-state index in [1.54, 1.807) is 18.3 Å². The molecule has 0 unspecified atom stereocenters. The van der Waals surface area contributed by atoms with Crippen molar-refractivity contribution < 1.29 is 9.47 Å². The average molecular weight is 308 g/mol. The molecule has 0 aromatic carbocycles. The quantitative estimate of drug-likeness (QED) is 0.851. The van der Waals surface area contributed by atoms with Gasteiger partial charge in [-0.05, 0) is 24.1 Å². The van der Waals surface area contributed by atoms with E-state index in [0.29, 0.717) is 24.1 Å². The van der Waals surface area contributed by atoms with Crippen LogP contribution in [0.2, 0.25) is 5.02 Å². The first-order valence-electron chi connectivity index (χ1n) is 6.74. The second-order valence-electron chi connectivity index (χ2n) is 4.58. The van der Waals surface area contributed by atoms with E-state index in [1.165, 1.54) is 6.20 Å². The number of halogens is 1. The summed E-state index contributed by atoms with van der Waals surface area (Å²) in [6, 6.07) is 5.12. The Hall–Kier alpha value is -1.85. The van der Waals surface area contributed by atoms with Gasteiger partial charge in [-0.25, -0.2) is 4.98 Å². The number of aryl methyl sites for hydroxylation is 1. The van der Waals surface area contributed by atoms with Crippen LogP contribution in [0.3, 0.4) is 0 Å². The normalized spacial score (nSPS) is 12.0. The number of rotatable bonds is 7. The standard InChI is InChI=1S/C15H18ClN3O2/c1-2-11-5-14(8-18-6-11)20-9-13(17)10-21-15-4-3-12(16)7-19-15/h3-8,13H,2,9-10,17H2,1H3/t13-/m1/s1. The van der Waals surface area contributed by atoms with Crippen LogP contribution in [0.25, 0.3) is 0 Å². The highest BCUT2D eigenvalue weighted by molar-refractivity contribution is 6.30. The van der Waals surface area contributed by atoms with Crippen LogP contribution >= 0.6 is 11.6 Å². The minimum absolute atomic E-state index is 0.257. The van der Waals surface area contributed by atoms with Gasteiger partial charge in [-0.2, -0.15) is 0 Å². The molecule has 0 radical (unpaired) electrons. The molecule has 112 valence electrons. The average Bonchev–Trinajstić information content (AvgIpc) is 2.52. The predicted octanol–water partition coefficient (Wildman–Crippen LogP) is 2.48. The lowest BCUT2D eigenvalue weighted by atomic mass is 10.2. The lowest BCUT2D eigenvalue weighted by Crippen LogP contribution is -2.34. The number of pyridine rings is 2. The maximum Gasteiger partial charge on any atom is 0.213 e. The van der Waals surface area contributed by atoms with Crippen molar-refractivity contribution in [3.8, 4) is 11.6 Å². The summed E-state index contributed by atoms with van der Waals surface area (Å²) in [5.74, 6) is 1.21. The van der Waals surface area contributed by atoms with Gasteiger partial charge in [-0.1, -0.05) is 18.5 Å². The van der Waals surface area contributed by atoms with Crippen LogP contribution in [0.4, 0.5) is 0 Å². The second-order valence-corrected chi connectivity index (χ2v) is 5.02. The molecule has 0 aliphatic rings. The maximum atomic E-state index is 5.95. The molecular weight excluding hydrogens is 290 g/mol. The lowest BCUT2D eigenvalue weighted by molar-refractivity contribution is 0.215. The zero-order chi connectivity index (χ0) is 15.1. The fourth-order valence-corrected chi connectivity index (χ4v) is 1.74. The summed E-state index contributed by atoms with van der Waals surface area (Å²) < 4.78 is 11.1. The summed E-state index contributed by atoms with van der Waals surface area (Å²) in [6.45, 7) is 2.73. The van der Waals surface area contributed by atoms with E-state index in [-0.39, 0.29) is 6.04 Å². The molecule has 0 spiro atoms. The van der Waals surface area contributed by atoms with Crippen LogP contribution < -0.4 is 15.2 Å². The van der Waals surface area contributed by atoms with E-state index in [2.05, 4.69) is 16.9 Å². The van der Waals surface area contributed by atoms with Gasteiger partial charge in [0.25, 0.3) is 0 Å². The molecule has 0 bridgehead atoms. The van der Waals surface area contributed by atoms with Gasteiger partial charge in [0.2, 0.25) is 5.88 Å². The van der Waals surface area contributed by atoms with Gasteiger partial charge in [0, 0.05) is 18.5 Å². The number of nitrogens with two attached hydrogens (primary N) is 1. The molecule has 2 N–H and O–H groups in total. The van der Waals surface area contributed by atoms with Crippen LogP contribution in [-0.4, -0.2) is 29.2 Å². The molecule has 0 amide bonds. The third-order valence-electron chi connectivity index (χ3n) is 2.79. The first-order valence-corrected chi connectivity index (χ1v) is 7.12. The predicted molar refractivity (Wildman–Crippen MR) is 81.8 cm³/mol. The van der Waals surface area contributed by atoms with Gasteiger partial charge < -0.3 is 15.2 Å². The minimum atomic E-state index is -0.257. The summed E-state index contributed by atoms with van der Waals surface area (Å²) in [5.41, 5.74) is 7.07. The van der Waals surface area contributed by atoms with E-state index in [9.17, 15) is 0 Å². The molecule has 2 rings (SSSR count). The Labute approximate surface area is 129 Å². The molecule has 0 saturated carbocycles. The van der Waals surface area contributed by atoms with Crippen LogP contribution in [0, 0.1) is 0 Å². The van der Waals surface area contributed by atoms with Crippen molar-refractivity contribution >= 4 is 11.6 Å². The molecule has 6 heteroatoms. The van der Waals surface area contributed by atoms with Crippen molar-refractivity contribution in [1.82, 2.24) is 9.97 Å². The van der Waals surface area contributed by atoms with Gasteiger partial charge in [0.15, 0.2) is 0 Å². The highest BCUT2D eigenvalue weighted by Crippen LogP contribution is 2.13. The molecule has 1 atom stereocenters. The molecule has 0 saturated heterocycles. The Morgan fingerprint density at radius 3 is 2.71 bits per heavy atom. The van der Waals surface area contributed by atoms with E-state index in [4.69, 9.17) is 26.8 Å². The van der Waals surface area contributed by atoms with Gasteiger partial charge in [-0.3, -0.25) is 4.98 Å². The first-order chi connectivity index (χ1) is 10.2. The van der Waals surface area contributed by atoms with Crippen LogP contribution in [0.1, 0.15) is 12.5 Å². The fourth-order valence-electron chi connectivity index (χ4n) is 1.63. The van der Waals surface area contributed by atoms with E-state index < -0.39 is 0 Å². The zero-order valence-corrected chi connectivity index (χ0v) is 12.6. The number of ether oxygens (including phenoxy) is 2. The Morgan fingerprint density at radius 1 is 1.19 bits per heavy atom. The Balaban J connectivity index is 1.76. The van der Waals surface area contributed by atoms with Gasteiger partial charge in [0.1, 0.15) is 19.0 Å². The number of hydrogen-bond acceptors (Lipinski definition) is 5. The molecule has 2 heterocycles. The SMILES string of the molecule is CCc1cncc(OC[C@@H](N)COc2ccc(Cl)cn2)c1. The number of aromatic nitrogens is 2. The maximum absolute atomic E-state index is 5.95. The smallest absolute Gasteiger partial charge is 0.213 e. The summed E-state index contributed by atoms with van der Waals surface area (Å²) >= 11 is 5.75. The topological polar surface area (TPSA) is 70.3 Å². The summed E-state index contributed by atoms with van der Waals surface area (Å²) in [7, 11) is 0. The van der Waals surface area contributed by atoms with Crippen molar-refractivity contribution in [3.05, 3.63) is 47.4 Å². The van der Waals surface area contributed by atoms with Crippen LogP contribution in [0.15, 0.2) is 36.8 Å². The monoisotopic (exact) mass is 307 g/mol. The molecular formula is C15H18ClN3O2. The molecule has 2 aromatic heterocycles. The van der Waals surface area contributed by atoms with Crippen molar-refractivity contribution in [3.63, 3.8) is 0 Å². The third kappa shape index (κ3) is 5.21. The highest BCUT2D eigenvalue weighted by atomic mass is 35.5. The summed E-state index contributed by atoms with van der Waals surface area (Å²) in [6.07, 6.45) is 5.94. The van der Waals surface area contributed by atoms with Crippen molar-refractivity contribution in [2.45, 2.75) is 19.4 Å². The zero-order valence-electron chi connectivity index (χ0n) is 11.8. The summed E-state index contributed by atoms with van der Waals surface area (Å²) in [5, 5.41) is 0.568. The van der Waals surface area contributed by atoms with Crippen molar-refractivity contribution in [1.29, 1.82) is 0 Å². The van der Waals surface area contributed by atoms with E-state index in [1.807, 2.05) is 12.3 Å². The van der Waals surface area contributed by atoms with E-state index >= 15 is 0 Å². The first kappa shape index (κ1) is 15.5. The van der Waals surface area contributed by atoms with Gasteiger partial charge in [0.05, 0.1) is 17.3 Å². The summed E-state index contributed by atoms with van der Waals surface area (Å²) in [4.78, 5) is 8.15. The molecule has 2 aromatic rings. The van der Waals surface area contributed by atoms with Gasteiger partial charge >= 0.3 is 0 Å². The lowest BCUT2D eigenvalue weighted by Gasteiger charge is -2.14. The molecule has 0 aliphatic carbocycles. The third-order valence-corrected chi connectivity index (χ3v) is 3.01. The molecule has 0 aliphatic heterocycles. The minimum Gasteiger partial charge on any atom is -0.490 e. The molecule has 0 fully saturated rings. The number of nitrogens with zero attached hydrogens (tertiary/aromatic N) is 2. The fraction of sp³-hybridized carbons (Fsp3) is 0.333. The largest absolute Gasteiger partial charge is 0.490 e. The Bertz CT molecular complexity index is 563. The van der Waals surface area contributed by atoms with Crippen molar-refractivity contribution in [2.75, 3.05) is 13.2 Å². The van der Waals surface area contributed by atoms with Crippen LogP contribution in [0.5, 0.6) is 11.6 Å². The van der Waals surface area contributed by atoms with E-state index in [0.717, 1.165) is 17.7 Å².